The molecule has 0 aromatic rings. The van der Waals surface area contributed by atoms with Crippen molar-refractivity contribution in [3.05, 3.63) is 12.7 Å². The molecule has 0 aromatic carbocycles. The standard InChI is InChI=1S/C15H32O3SSi/c1-8-15(19(16,17)18)20(9-12(2)3,10-13(4)5)11-14(6)7/h8,12-15H,1,9-11H2,2-7H3,(H,16,17,18). The second kappa shape index (κ2) is 7.76. The van der Waals surface area contributed by atoms with Gasteiger partial charge in [-0.25, -0.2) is 0 Å². The fourth-order valence-electron chi connectivity index (χ4n) is 3.73. The molecular formula is C15H32O3SSi. The molecule has 5 heteroatoms. The second-order valence-corrected chi connectivity index (χ2v) is 13.9. The fourth-order valence-corrected chi connectivity index (χ4v) is 13.9. The van der Waals surface area contributed by atoms with Crippen molar-refractivity contribution in [1.29, 1.82) is 0 Å². The Hall–Kier alpha value is -0.133. The van der Waals surface area contributed by atoms with Crippen LogP contribution in [0.25, 0.3) is 0 Å². The molecule has 0 amide bonds. The van der Waals surface area contributed by atoms with E-state index in [9.17, 15) is 13.0 Å². The van der Waals surface area contributed by atoms with Crippen LogP contribution in [0.4, 0.5) is 0 Å². The van der Waals surface area contributed by atoms with Gasteiger partial charge in [0, 0.05) is 0 Å². The molecule has 0 aliphatic carbocycles. The third-order valence-electron chi connectivity index (χ3n) is 3.58. The van der Waals surface area contributed by atoms with E-state index in [1.54, 1.807) is 0 Å². The Morgan fingerprint density at radius 2 is 1.25 bits per heavy atom. The Morgan fingerprint density at radius 1 is 0.950 bits per heavy atom. The Bertz CT molecular complexity index is 373. The maximum absolute atomic E-state index is 11.9. The summed E-state index contributed by atoms with van der Waals surface area (Å²) in [7, 11) is -6.27. The zero-order chi connectivity index (χ0) is 16.1. The zero-order valence-electron chi connectivity index (χ0n) is 13.9. The molecule has 0 radical (unpaired) electrons. The summed E-state index contributed by atoms with van der Waals surface area (Å²) in [6, 6.07) is 2.75. The average molecular weight is 321 g/mol. The van der Waals surface area contributed by atoms with Crippen molar-refractivity contribution in [2.75, 3.05) is 0 Å². The van der Waals surface area contributed by atoms with Gasteiger partial charge in [0.2, 0.25) is 0 Å². The van der Waals surface area contributed by atoms with E-state index >= 15 is 0 Å². The van der Waals surface area contributed by atoms with Gasteiger partial charge in [-0.1, -0.05) is 65.8 Å². The van der Waals surface area contributed by atoms with Crippen molar-refractivity contribution in [2.45, 2.75) is 64.5 Å². The van der Waals surface area contributed by atoms with E-state index in [0.717, 1.165) is 18.1 Å². The molecule has 0 saturated heterocycles. The zero-order valence-corrected chi connectivity index (χ0v) is 15.7. The highest BCUT2D eigenvalue weighted by atomic mass is 32.2. The molecule has 120 valence electrons. The summed E-state index contributed by atoms with van der Waals surface area (Å²) in [5.74, 6) is 1.30. The smallest absolute Gasteiger partial charge is 0.268 e. The lowest BCUT2D eigenvalue weighted by Crippen LogP contribution is -2.52. The first-order chi connectivity index (χ1) is 8.94. The highest BCUT2D eigenvalue weighted by Crippen LogP contribution is 2.37. The Labute approximate surface area is 126 Å². The van der Waals surface area contributed by atoms with E-state index in [0.29, 0.717) is 17.8 Å². The second-order valence-electron chi connectivity index (χ2n) is 7.33. The van der Waals surface area contributed by atoms with Crippen LogP contribution in [-0.4, -0.2) is 25.9 Å². The van der Waals surface area contributed by atoms with Crippen LogP contribution in [0, 0.1) is 17.8 Å². The fraction of sp³-hybridized carbons (Fsp3) is 0.867. The van der Waals surface area contributed by atoms with Gasteiger partial charge in [-0.2, -0.15) is 8.42 Å². The van der Waals surface area contributed by atoms with E-state index in [1.165, 1.54) is 6.08 Å². The molecule has 20 heavy (non-hydrogen) atoms. The van der Waals surface area contributed by atoms with Gasteiger partial charge in [0.1, 0.15) is 0 Å². The molecule has 1 N–H and O–H groups in total. The maximum atomic E-state index is 11.9. The number of rotatable bonds is 9. The van der Waals surface area contributed by atoms with Crippen LogP contribution in [0.2, 0.25) is 18.1 Å². The third kappa shape index (κ3) is 6.10. The Balaban J connectivity index is 5.84. The summed E-state index contributed by atoms with van der Waals surface area (Å²) >= 11 is 0. The Kier molecular flexibility index (Phi) is 7.70. The first-order valence-electron chi connectivity index (χ1n) is 7.53. The minimum absolute atomic E-state index is 0.434. The summed E-state index contributed by atoms with van der Waals surface area (Å²) in [5.41, 5.74) is 0. The third-order valence-corrected chi connectivity index (χ3v) is 13.1. The van der Waals surface area contributed by atoms with Crippen LogP contribution in [0.15, 0.2) is 12.7 Å². The molecule has 0 spiro atoms. The van der Waals surface area contributed by atoms with Crippen molar-refractivity contribution in [3.63, 3.8) is 0 Å². The topological polar surface area (TPSA) is 54.4 Å². The van der Waals surface area contributed by atoms with Crippen LogP contribution >= 0.6 is 0 Å². The van der Waals surface area contributed by atoms with Gasteiger partial charge in [0.05, 0.1) is 12.9 Å². The van der Waals surface area contributed by atoms with Gasteiger partial charge in [-0.15, -0.1) is 6.58 Å². The van der Waals surface area contributed by atoms with Crippen molar-refractivity contribution in [2.24, 2.45) is 17.8 Å². The molecule has 0 aliphatic heterocycles. The van der Waals surface area contributed by atoms with Crippen LogP contribution < -0.4 is 0 Å². The van der Waals surface area contributed by atoms with Crippen molar-refractivity contribution in [3.8, 4) is 0 Å². The first-order valence-corrected chi connectivity index (χ1v) is 11.7. The summed E-state index contributed by atoms with van der Waals surface area (Å²) in [6.07, 6.45) is 1.48. The van der Waals surface area contributed by atoms with Crippen molar-refractivity contribution >= 4 is 18.2 Å². The maximum Gasteiger partial charge on any atom is 0.268 e. The molecule has 0 bridgehead atoms. The van der Waals surface area contributed by atoms with Gasteiger partial charge in [0.25, 0.3) is 10.1 Å². The van der Waals surface area contributed by atoms with E-state index in [2.05, 4.69) is 48.1 Å². The van der Waals surface area contributed by atoms with Gasteiger partial charge in [-0.05, 0) is 17.8 Å². The van der Waals surface area contributed by atoms with Crippen molar-refractivity contribution in [1.82, 2.24) is 0 Å². The predicted molar refractivity (Wildman–Crippen MR) is 90.2 cm³/mol. The average Bonchev–Trinajstić information content (AvgIpc) is 2.10. The molecule has 1 unspecified atom stereocenters. The summed E-state index contributed by atoms with van der Waals surface area (Å²) in [5, 5.41) is 0. The van der Waals surface area contributed by atoms with Crippen LogP contribution in [0.5, 0.6) is 0 Å². The van der Waals surface area contributed by atoms with Gasteiger partial charge in [0.15, 0.2) is 0 Å². The minimum Gasteiger partial charge on any atom is -0.285 e. The van der Waals surface area contributed by atoms with E-state index in [1.807, 2.05) is 0 Å². The lowest BCUT2D eigenvalue weighted by molar-refractivity contribution is 0.481. The largest absolute Gasteiger partial charge is 0.285 e. The van der Waals surface area contributed by atoms with Gasteiger partial charge in [-0.3, -0.25) is 4.55 Å². The van der Waals surface area contributed by atoms with Gasteiger partial charge >= 0.3 is 0 Å². The SMILES string of the molecule is C=CC([Si](CC(C)C)(CC(C)C)CC(C)C)S(=O)(=O)O. The minimum atomic E-state index is -4.07. The molecule has 0 saturated carbocycles. The molecule has 0 rings (SSSR count). The summed E-state index contributed by atoms with van der Waals surface area (Å²) in [6.45, 7) is 16.5. The molecule has 0 fully saturated rings. The van der Waals surface area contributed by atoms with Crippen molar-refractivity contribution < 1.29 is 13.0 Å². The predicted octanol–water partition coefficient (Wildman–Crippen LogP) is 4.38. The lowest BCUT2D eigenvalue weighted by Gasteiger charge is -2.40. The monoisotopic (exact) mass is 320 g/mol. The normalized spacial score (nSPS) is 15.1. The lowest BCUT2D eigenvalue weighted by atomic mass is 10.2. The van der Waals surface area contributed by atoms with Gasteiger partial charge < -0.3 is 0 Å². The van der Waals surface area contributed by atoms with Crippen LogP contribution in [0.3, 0.4) is 0 Å². The van der Waals surface area contributed by atoms with E-state index < -0.39 is 23.1 Å². The first kappa shape index (κ1) is 19.9. The molecule has 0 aliphatic rings. The highest BCUT2D eigenvalue weighted by molar-refractivity contribution is 7.88. The quantitative estimate of drug-likeness (QED) is 0.389. The van der Waals surface area contributed by atoms with Crippen LogP contribution in [0.1, 0.15) is 41.5 Å². The highest BCUT2D eigenvalue weighted by Gasteiger charge is 2.46. The molecule has 0 heterocycles. The van der Waals surface area contributed by atoms with E-state index in [4.69, 9.17) is 0 Å². The molecule has 0 aromatic heterocycles. The molecule has 3 nitrogen and oxygen atoms in total. The summed E-state index contributed by atoms with van der Waals surface area (Å²) < 4.78 is 33.4. The molecule has 1 atom stereocenters. The number of hydrogen-bond donors (Lipinski definition) is 1. The van der Waals surface area contributed by atoms with Crippen LogP contribution in [-0.2, 0) is 10.1 Å². The Morgan fingerprint density at radius 3 is 1.40 bits per heavy atom. The number of hydrogen-bond acceptors (Lipinski definition) is 2. The van der Waals surface area contributed by atoms with E-state index in [-0.39, 0.29) is 0 Å². The molecular weight excluding hydrogens is 288 g/mol. The summed E-state index contributed by atoms with van der Waals surface area (Å²) in [4.78, 5) is -0.748.